The molecule has 0 aliphatic rings. The Morgan fingerprint density at radius 3 is 2.31 bits per heavy atom. The van der Waals surface area contributed by atoms with Crippen LogP contribution in [0.3, 0.4) is 0 Å². The van der Waals surface area contributed by atoms with Gasteiger partial charge in [-0.25, -0.2) is 4.79 Å². The second-order valence-corrected chi connectivity index (χ2v) is 6.45. The van der Waals surface area contributed by atoms with Gasteiger partial charge in [-0.2, -0.15) is 0 Å². The summed E-state index contributed by atoms with van der Waals surface area (Å²) in [7, 11) is -0.324. The van der Waals surface area contributed by atoms with Gasteiger partial charge in [0.1, 0.15) is 5.75 Å². The monoisotopic (exact) mass is 399 g/mol. The van der Waals surface area contributed by atoms with Gasteiger partial charge in [0, 0.05) is 18.4 Å². The standard InChI is InChI=1S/C20H22BNO7/c1-29-16-7-5-14(6-8-16)17(23)9-10-19(24)22-18(21(27)28)12-13-3-2-4-15(11-13)20(25)26/h2-8,11,18,27-28H,9-10,12H2,1H3,(H,22,24)(H,25,26). The molecule has 4 N–H and O–H groups in total. The van der Waals surface area contributed by atoms with Gasteiger partial charge in [-0.1, -0.05) is 12.1 Å². The maximum absolute atomic E-state index is 12.2. The number of carbonyl (C=O) groups is 3. The molecular formula is C20H22BNO7. The van der Waals surface area contributed by atoms with Crippen molar-refractivity contribution in [3.63, 3.8) is 0 Å². The zero-order chi connectivity index (χ0) is 21.4. The number of amides is 1. The van der Waals surface area contributed by atoms with Crippen LogP contribution in [-0.4, -0.2) is 53.0 Å². The molecule has 0 heterocycles. The summed E-state index contributed by atoms with van der Waals surface area (Å²) in [5.74, 6) is -2.26. The first-order chi connectivity index (χ1) is 13.8. The number of hydrogen-bond donors (Lipinski definition) is 4. The number of carbonyl (C=O) groups excluding carboxylic acids is 2. The summed E-state index contributed by atoms with van der Waals surface area (Å²) in [5, 5.41) is 30.6. The number of hydrogen-bond acceptors (Lipinski definition) is 6. The van der Waals surface area contributed by atoms with Crippen molar-refractivity contribution in [2.24, 2.45) is 0 Å². The number of carboxylic acids is 1. The lowest BCUT2D eigenvalue weighted by Gasteiger charge is -2.18. The number of Topliss-reactive ketones (excluding diaryl/α,β-unsaturated/α-hetero) is 1. The Bertz CT molecular complexity index is 867. The molecule has 0 spiro atoms. The van der Waals surface area contributed by atoms with E-state index in [1.54, 1.807) is 30.3 Å². The quantitative estimate of drug-likeness (QED) is 0.347. The lowest BCUT2D eigenvalue weighted by molar-refractivity contribution is -0.121. The molecule has 8 nitrogen and oxygen atoms in total. The van der Waals surface area contributed by atoms with Gasteiger partial charge in [-0.05, 0) is 48.4 Å². The summed E-state index contributed by atoms with van der Waals surface area (Å²) < 4.78 is 5.03. The van der Waals surface area contributed by atoms with Crippen molar-refractivity contribution in [2.45, 2.75) is 25.2 Å². The zero-order valence-corrected chi connectivity index (χ0v) is 15.9. The van der Waals surface area contributed by atoms with Crippen LogP contribution in [0.4, 0.5) is 0 Å². The van der Waals surface area contributed by atoms with Crippen molar-refractivity contribution in [1.29, 1.82) is 0 Å². The summed E-state index contributed by atoms with van der Waals surface area (Å²) in [5.41, 5.74) is 1.03. The highest BCUT2D eigenvalue weighted by molar-refractivity contribution is 6.43. The normalized spacial score (nSPS) is 11.4. The number of aromatic carboxylic acids is 1. The fraction of sp³-hybridized carbons (Fsp3) is 0.250. The van der Waals surface area contributed by atoms with E-state index in [-0.39, 0.29) is 30.6 Å². The molecule has 29 heavy (non-hydrogen) atoms. The van der Waals surface area contributed by atoms with Gasteiger partial charge in [0.25, 0.3) is 0 Å². The number of ether oxygens (including phenoxy) is 1. The van der Waals surface area contributed by atoms with E-state index in [2.05, 4.69) is 5.32 Å². The Morgan fingerprint density at radius 2 is 1.72 bits per heavy atom. The van der Waals surface area contributed by atoms with Gasteiger partial charge in [0.2, 0.25) is 5.91 Å². The van der Waals surface area contributed by atoms with Gasteiger partial charge in [-0.3, -0.25) is 9.59 Å². The van der Waals surface area contributed by atoms with Crippen molar-refractivity contribution < 1.29 is 34.3 Å². The Balaban J connectivity index is 1.92. The number of benzene rings is 2. The highest BCUT2D eigenvalue weighted by Gasteiger charge is 2.26. The third kappa shape index (κ3) is 6.74. The first kappa shape index (κ1) is 22.1. The number of nitrogens with one attached hydrogen (secondary N) is 1. The van der Waals surface area contributed by atoms with E-state index in [1.165, 1.54) is 25.3 Å². The lowest BCUT2D eigenvalue weighted by atomic mass is 9.75. The van der Waals surface area contributed by atoms with Gasteiger partial charge in [0.05, 0.1) is 18.6 Å². The molecule has 9 heteroatoms. The van der Waals surface area contributed by atoms with Crippen LogP contribution in [0.2, 0.25) is 0 Å². The van der Waals surface area contributed by atoms with E-state index in [0.29, 0.717) is 16.9 Å². The van der Waals surface area contributed by atoms with Crippen molar-refractivity contribution in [3.8, 4) is 5.75 Å². The van der Waals surface area contributed by atoms with Crippen molar-refractivity contribution in [2.75, 3.05) is 7.11 Å². The van der Waals surface area contributed by atoms with Crippen LogP contribution in [0.25, 0.3) is 0 Å². The lowest BCUT2D eigenvalue weighted by Crippen LogP contribution is -2.48. The zero-order valence-electron chi connectivity index (χ0n) is 15.9. The highest BCUT2D eigenvalue weighted by Crippen LogP contribution is 2.14. The van der Waals surface area contributed by atoms with Crippen LogP contribution in [0.1, 0.15) is 39.1 Å². The molecule has 1 amide bonds. The van der Waals surface area contributed by atoms with E-state index in [9.17, 15) is 24.4 Å². The summed E-state index contributed by atoms with van der Waals surface area (Å²) in [6, 6.07) is 12.5. The second-order valence-electron chi connectivity index (χ2n) is 6.45. The predicted molar refractivity (Wildman–Crippen MR) is 106 cm³/mol. The maximum atomic E-state index is 12.2. The van der Waals surface area contributed by atoms with Gasteiger partial charge >= 0.3 is 13.1 Å². The minimum absolute atomic E-state index is 0.0248. The molecule has 152 valence electrons. The van der Waals surface area contributed by atoms with Crippen LogP contribution in [0.15, 0.2) is 48.5 Å². The number of methoxy groups -OCH3 is 1. The molecule has 0 aliphatic carbocycles. The number of rotatable bonds is 10. The Hall–Kier alpha value is -3.17. The Labute approximate surface area is 168 Å². The first-order valence-electron chi connectivity index (χ1n) is 8.95. The first-order valence-corrected chi connectivity index (χ1v) is 8.95. The number of carboxylic acid groups (broad SMARTS) is 1. The third-order valence-electron chi connectivity index (χ3n) is 4.33. The molecule has 1 unspecified atom stereocenters. The predicted octanol–water partition coefficient (Wildman–Crippen LogP) is 1.10. The van der Waals surface area contributed by atoms with Crippen molar-refractivity contribution in [3.05, 3.63) is 65.2 Å². The smallest absolute Gasteiger partial charge is 0.475 e. The minimum atomic E-state index is -1.84. The van der Waals surface area contributed by atoms with Crippen LogP contribution in [0.5, 0.6) is 5.75 Å². The minimum Gasteiger partial charge on any atom is -0.497 e. The SMILES string of the molecule is COc1ccc(C(=O)CCC(=O)NC(Cc2cccc(C(=O)O)c2)B(O)O)cc1. The Kier molecular flexibility index (Phi) is 7.93. The molecule has 0 aliphatic heterocycles. The van der Waals surface area contributed by atoms with Crippen LogP contribution in [0, 0.1) is 0 Å². The average Bonchev–Trinajstić information content (AvgIpc) is 2.71. The molecule has 2 rings (SSSR count). The van der Waals surface area contributed by atoms with E-state index in [0.717, 1.165) is 0 Å². The van der Waals surface area contributed by atoms with Gasteiger partial charge in [-0.15, -0.1) is 0 Å². The van der Waals surface area contributed by atoms with Gasteiger partial charge in [0.15, 0.2) is 5.78 Å². The highest BCUT2D eigenvalue weighted by atomic mass is 16.5. The summed E-state index contributed by atoms with van der Waals surface area (Å²) in [6.45, 7) is 0. The van der Waals surface area contributed by atoms with E-state index >= 15 is 0 Å². The molecule has 2 aromatic carbocycles. The maximum Gasteiger partial charge on any atom is 0.475 e. The van der Waals surface area contributed by atoms with Crippen LogP contribution < -0.4 is 10.1 Å². The van der Waals surface area contributed by atoms with Crippen LogP contribution >= 0.6 is 0 Å². The Morgan fingerprint density at radius 1 is 1.03 bits per heavy atom. The largest absolute Gasteiger partial charge is 0.497 e. The molecule has 2 aromatic rings. The molecule has 0 radical (unpaired) electrons. The average molecular weight is 399 g/mol. The third-order valence-corrected chi connectivity index (χ3v) is 4.33. The molecule has 0 aromatic heterocycles. The fourth-order valence-electron chi connectivity index (χ4n) is 2.74. The van der Waals surface area contributed by atoms with E-state index in [1.807, 2.05) is 0 Å². The second kappa shape index (κ2) is 10.4. The number of ketones is 1. The summed E-state index contributed by atoms with van der Waals surface area (Å²) in [4.78, 5) is 35.4. The van der Waals surface area contributed by atoms with E-state index in [4.69, 9.17) is 9.84 Å². The fourth-order valence-corrected chi connectivity index (χ4v) is 2.74. The topological polar surface area (TPSA) is 133 Å². The molecule has 1 atom stereocenters. The molecule has 0 saturated heterocycles. The molecule has 0 saturated carbocycles. The van der Waals surface area contributed by atoms with Crippen molar-refractivity contribution in [1.82, 2.24) is 5.32 Å². The summed E-state index contributed by atoms with van der Waals surface area (Å²) >= 11 is 0. The van der Waals surface area contributed by atoms with Crippen LogP contribution in [-0.2, 0) is 11.2 Å². The van der Waals surface area contributed by atoms with E-state index < -0.39 is 24.9 Å². The molecule has 0 bridgehead atoms. The summed E-state index contributed by atoms with van der Waals surface area (Å²) in [6.07, 6.45) is -0.138. The van der Waals surface area contributed by atoms with Crippen molar-refractivity contribution >= 4 is 24.8 Å². The van der Waals surface area contributed by atoms with Gasteiger partial charge < -0.3 is 25.2 Å². The molecule has 0 fully saturated rings. The molecular weight excluding hydrogens is 377 g/mol.